The van der Waals surface area contributed by atoms with E-state index >= 15 is 0 Å². The topological polar surface area (TPSA) is 66.5 Å². The number of sulfonamides is 1. The number of aryl methyl sites for hydroxylation is 1. The number of rotatable bonds is 6. The van der Waals surface area contributed by atoms with Crippen molar-refractivity contribution < 1.29 is 13.2 Å². The van der Waals surface area contributed by atoms with Gasteiger partial charge < -0.3 is 5.32 Å². The zero-order valence-corrected chi connectivity index (χ0v) is 14.1. The smallest absolute Gasteiger partial charge is 0.251 e. The zero-order chi connectivity index (χ0) is 16.2. The van der Waals surface area contributed by atoms with Gasteiger partial charge in [-0.05, 0) is 38.0 Å². The first kappa shape index (κ1) is 17.7. The van der Waals surface area contributed by atoms with E-state index in [4.69, 9.17) is 0 Å². The summed E-state index contributed by atoms with van der Waals surface area (Å²) in [4.78, 5) is 12.4. The summed E-state index contributed by atoms with van der Waals surface area (Å²) >= 11 is 0. The number of nitrogens with zero attached hydrogens (tertiary/aromatic N) is 1. The van der Waals surface area contributed by atoms with Gasteiger partial charge in [-0.1, -0.05) is 19.4 Å². The van der Waals surface area contributed by atoms with Gasteiger partial charge in [0.2, 0.25) is 10.0 Å². The molecule has 0 unspecified atom stereocenters. The van der Waals surface area contributed by atoms with Crippen LogP contribution in [0, 0.1) is 6.92 Å². The number of carbonyl (C=O) groups excluding carboxylic acids is 1. The van der Waals surface area contributed by atoms with Crippen LogP contribution in [0.15, 0.2) is 23.1 Å². The predicted octanol–water partition coefficient (Wildman–Crippen LogP) is 2.16. The summed E-state index contributed by atoms with van der Waals surface area (Å²) in [6, 6.07) is 4.70. The van der Waals surface area contributed by atoms with E-state index in [1.54, 1.807) is 13.0 Å². The summed E-state index contributed by atoms with van der Waals surface area (Å²) in [6.07, 6.45) is 1.87. The molecule has 1 amide bonds. The molecular weight excluding hydrogens is 288 g/mol. The Bertz CT molecular complexity index is 609. The molecule has 0 aromatic heterocycles. The van der Waals surface area contributed by atoms with Crippen molar-refractivity contribution in [1.82, 2.24) is 9.62 Å². The Morgan fingerprint density at radius 1 is 1.33 bits per heavy atom. The molecule has 1 aromatic carbocycles. The van der Waals surface area contributed by atoms with Crippen molar-refractivity contribution in [1.29, 1.82) is 0 Å². The van der Waals surface area contributed by atoms with Gasteiger partial charge in [-0.15, -0.1) is 0 Å². The molecule has 0 radical (unpaired) electrons. The lowest BCUT2D eigenvalue weighted by atomic mass is 10.1. The normalized spacial score (nSPS) is 13.2. The predicted molar refractivity (Wildman–Crippen MR) is 83.9 cm³/mol. The van der Waals surface area contributed by atoms with E-state index in [-0.39, 0.29) is 16.8 Å². The van der Waals surface area contributed by atoms with Crippen LogP contribution >= 0.6 is 0 Å². The number of hydrogen-bond acceptors (Lipinski definition) is 3. The van der Waals surface area contributed by atoms with E-state index in [1.165, 1.54) is 26.2 Å². The summed E-state index contributed by atoms with van der Waals surface area (Å²) in [5.41, 5.74) is 1.16. The zero-order valence-electron chi connectivity index (χ0n) is 13.3. The lowest BCUT2D eigenvalue weighted by Crippen LogP contribution is -2.33. The number of hydrogen-bond donors (Lipinski definition) is 1. The van der Waals surface area contributed by atoms with Crippen LogP contribution in [0.5, 0.6) is 0 Å². The highest BCUT2D eigenvalue weighted by atomic mass is 32.2. The minimum absolute atomic E-state index is 0.0658. The Labute approximate surface area is 127 Å². The molecule has 118 valence electrons. The fraction of sp³-hybridized carbons (Fsp3) is 0.533. The molecule has 1 aromatic rings. The third kappa shape index (κ3) is 4.28. The summed E-state index contributed by atoms with van der Waals surface area (Å²) in [7, 11) is -0.594. The first-order valence-corrected chi connectivity index (χ1v) is 8.48. The molecule has 1 atom stereocenters. The Hall–Kier alpha value is -1.40. The molecule has 0 heterocycles. The molecule has 0 saturated carbocycles. The van der Waals surface area contributed by atoms with Gasteiger partial charge in [0.15, 0.2) is 0 Å². The number of nitrogens with one attached hydrogen (secondary N) is 1. The van der Waals surface area contributed by atoms with E-state index in [2.05, 4.69) is 12.2 Å². The Kier molecular flexibility index (Phi) is 5.92. The summed E-state index contributed by atoms with van der Waals surface area (Å²) in [5.74, 6) is -0.232. The average molecular weight is 312 g/mol. The molecule has 1 N–H and O–H groups in total. The van der Waals surface area contributed by atoms with Crippen LogP contribution in [-0.4, -0.2) is 38.8 Å². The highest BCUT2D eigenvalue weighted by Gasteiger charge is 2.20. The van der Waals surface area contributed by atoms with Gasteiger partial charge in [0.1, 0.15) is 0 Å². The summed E-state index contributed by atoms with van der Waals surface area (Å²) in [5, 5.41) is 2.90. The van der Waals surface area contributed by atoms with Crippen molar-refractivity contribution in [2.75, 3.05) is 14.1 Å². The van der Waals surface area contributed by atoms with Crippen molar-refractivity contribution in [3.05, 3.63) is 29.3 Å². The summed E-state index contributed by atoms with van der Waals surface area (Å²) < 4.78 is 25.4. The van der Waals surface area contributed by atoms with Crippen molar-refractivity contribution in [2.24, 2.45) is 0 Å². The van der Waals surface area contributed by atoms with Crippen LogP contribution in [0.1, 0.15) is 42.6 Å². The van der Waals surface area contributed by atoms with Crippen molar-refractivity contribution in [2.45, 2.75) is 44.6 Å². The maximum Gasteiger partial charge on any atom is 0.251 e. The van der Waals surface area contributed by atoms with Gasteiger partial charge in [-0.25, -0.2) is 12.7 Å². The van der Waals surface area contributed by atoms with E-state index < -0.39 is 10.0 Å². The molecule has 0 aliphatic rings. The largest absolute Gasteiger partial charge is 0.350 e. The molecule has 0 fully saturated rings. The van der Waals surface area contributed by atoms with E-state index in [0.29, 0.717) is 5.56 Å². The van der Waals surface area contributed by atoms with Gasteiger partial charge in [-0.3, -0.25) is 4.79 Å². The highest BCUT2D eigenvalue weighted by molar-refractivity contribution is 7.89. The van der Waals surface area contributed by atoms with Crippen LogP contribution in [0.3, 0.4) is 0 Å². The molecule has 1 rings (SSSR count). The fourth-order valence-electron chi connectivity index (χ4n) is 2.02. The third-order valence-corrected chi connectivity index (χ3v) is 5.14. The van der Waals surface area contributed by atoms with E-state index in [0.717, 1.165) is 22.7 Å². The lowest BCUT2D eigenvalue weighted by molar-refractivity contribution is 0.0937. The van der Waals surface area contributed by atoms with E-state index in [1.807, 2.05) is 6.92 Å². The van der Waals surface area contributed by atoms with Gasteiger partial charge in [0.25, 0.3) is 5.91 Å². The Morgan fingerprint density at radius 3 is 2.48 bits per heavy atom. The highest BCUT2D eigenvalue weighted by Crippen LogP contribution is 2.18. The molecule has 0 spiro atoms. The molecule has 6 heteroatoms. The van der Waals surface area contributed by atoms with Gasteiger partial charge in [0.05, 0.1) is 4.90 Å². The molecule has 0 bridgehead atoms. The first-order valence-electron chi connectivity index (χ1n) is 7.04. The van der Waals surface area contributed by atoms with Crippen LogP contribution in [-0.2, 0) is 10.0 Å². The third-order valence-electron chi connectivity index (χ3n) is 3.33. The fourth-order valence-corrected chi connectivity index (χ4v) is 2.95. The molecule has 5 nitrogen and oxygen atoms in total. The minimum atomic E-state index is -3.54. The summed E-state index contributed by atoms with van der Waals surface area (Å²) in [6.45, 7) is 5.79. The maximum atomic E-state index is 12.3. The maximum absolute atomic E-state index is 12.3. The van der Waals surface area contributed by atoms with E-state index in [9.17, 15) is 13.2 Å². The van der Waals surface area contributed by atoms with Crippen LogP contribution < -0.4 is 5.32 Å². The average Bonchev–Trinajstić information content (AvgIpc) is 2.38. The minimum Gasteiger partial charge on any atom is -0.350 e. The lowest BCUT2D eigenvalue weighted by Gasteiger charge is -2.16. The van der Waals surface area contributed by atoms with Gasteiger partial charge >= 0.3 is 0 Å². The second kappa shape index (κ2) is 7.04. The molecule has 0 aliphatic carbocycles. The quantitative estimate of drug-likeness (QED) is 0.875. The van der Waals surface area contributed by atoms with Crippen molar-refractivity contribution in [3.8, 4) is 0 Å². The number of carbonyl (C=O) groups is 1. The number of amides is 1. The first-order chi connectivity index (χ1) is 9.70. The SMILES string of the molecule is CCC[C@@H](C)NC(=O)c1cc(S(=O)(=O)N(C)C)ccc1C. The second-order valence-corrected chi connectivity index (χ2v) is 7.58. The van der Waals surface area contributed by atoms with Gasteiger partial charge in [-0.2, -0.15) is 0 Å². The van der Waals surface area contributed by atoms with Crippen LogP contribution in [0.2, 0.25) is 0 Å². The van der Waals surface area contributed by atoms with Crippen LogP contribution in [0.25, 0.3) is 0 Å². The molecule has 0 saturated heterocycles. The van der Waals surface area contributed by atoms with Crippen LogP contribution in [0.4, 0.5) is 0 Å². The Morgan fingerprint density at radius 2 is 1.95 bits per heavy atom. The molecule has 21 heavy (non-hydrogen) atoms. The molecular formula is C15H24N2O3S. The Balaban J connectivity index is 3.11. The van der Waals surface area contributed by atoms with Crippen molar-refractivity contribution in [3.63, 3.8) is 0 Å². The van der Waals surface area contributed by atoms with Crippen molar-refractivity contribution >= 4 is 15.9 Å². The second-order valence-electron chi connectivity index (χ2n) is 5.43. The monoisotopic (exact) mass is 312 g/mol. The van der Waals surface area contributed by atoms with Gasteiger partial charge in [0, 0.05) is 25.7 Å². The molecule has 0 aliphatic heterocycles. The number of benzene rings is 1. The standard InChI is InChI=1S/C15H24N2O3S/c1-6-7-12(3)16-15(18)14-10-13(9-8-11(14)2)21(19,20)17(4)5/h8-10,12H,6-7H2,1-5H3,(H,16,18)/t12-/m1/s1.